The third kappa shape index (κ3) is 7.43. The average molecular weight is 241 g/mol. The summed E-state index contributed by atoms with van der Waals surface area (Å²) in [4.78, 5) is 0. The van der Waals surface area contributed by atoms with E-state index in [1.807, 2.05) is 7.05 Å². The molecular weight excluding hydrogens is 210 g/mol. The molecule has 2 nitrogen and oxygen atoms in total. The summed E-state index contributed by atoms with van der Waals surface area (Å²) in [6.45, 7) is 19.3. The molecule has 0 amide bonds. The maximum atomic E-state index is 5.76. The van der Waals surface area contributed by atoms with Crippen LogP contribution in [0, 0.1) is 16.7 Å². The number of rotatable bonds is 6. The number of hydrogen-bond acceptors (Lipinski definition) is 2. The molecule has 0 aromatic carbocycles. The number of allylic oxidation sites excluding steroid dienone is 1. The maximum Gasteiger partial charge on any atom is 0.100 e. The monoisotopic (exact) mass is 241 g/mol. The Bertz CT molecular complexity index is 232. The molecule has 0 aliphatic rings. The van der Waals surface area contributed by atoms with Crippen molar-refractivity contribution in [2.75, 3.05) is 20.2 Å². The fourth-order valence-corrected chi connectivity index (χ4v) is 1.90. The van der Waals surface area contributed by atoms with Crippen molar-refractivity contribution in [3.8, 4) is 0 Å². The molecule has 1 unspecified atom stereocenters. The third-order valence-corrected chi connectivity index (χ3v) is 2.89. The quantitative estimate of drug-likeness (QED) is 0.563. The van der Waals surface area contributed by atoms with Crippen LogP contribution in [0.15, 0.2) is 12.3 Å². The van der Waals surface area contributed by atoms with Crippen LogP contribution in [0.4, 0.5) is 0 Å². The van der Waals surface area contributed by atoms with Gasteiger partial charge in [-0.05, 0) is 24.3 Å². The van der Waals surface area contributed by atoms with Crippen LogP contribution in [0.1, 0.15) is 48.0 Å². The Morgan fingerprint density at radius 3 is 2.06 bits per heavy atom. The molecule has 0 aliphatic heterocycles. The summed E-state index contributed by atoms with van der Waals surface area (Å²) in [6.07, 6.45) is 1.11. The molecule has 0 saturated carbocycles. The van der Waals surface area contributed by atoms with Crippen molar-refractivity contribution in [2.45, 2.75) is 48.0 Å². The Labute approximate surface area is 108 Å². The molecule has 0 aromatic heterocycles. The lowest BCUT2D eigenvalue weighted by molar-refractivity contribution is 0.101. The van der Waals surface area contributed by atoms with Gasteiger partial charge in [0.2, 0.25) is 0 Å². The van der Waals surface area contributed by atoms with Crippen LogP contribution >= 0.6 is 0 Å². The molecule has 0 fully saturated rings. The summed E-state index contributed by atoms with van der Waals surface area (Å²) in [7, 11) is 1.93. The highest BCUT2D eigenvalue weighted by Crippen LogP contribution is 2.40. The van der Waals surface area contributed by atoms with Crippen LogP contribution in [0.25, 0.3) is 0 Å². The van der Waals surface area contributed by atoms with Crippen molar-refractivity contribution in [1.82, 2.24) is 5.32 Å². The highest BCUT2D eigenvalue weighted by atomic mass is 16.5. The van der Waals surface area contributed by atoms with Gasteiger partial charge in [0.15, 0.2) is 0 Å². The smallest absolute Gasteiger partial charge is 0.100 e. The van der Waals surface area contributed by atoms with Crippen LogP contribution in [0.3, 0.4) is 0 Å². The fourth-order valence-electron chi connectivity index (χ4n) is 1.90. The highest BCUT2D eigenvalue weighted by molar-refractivity contribution is 4.99. The van der Waals surface area contributed by atoms with Crippen molar-refractivity contribution in [1.29, 1.82) is 0 Å². The van der Waals surface area contributed by atoms with Crippen LogP contribution < -0.4 is 5.32 Å². The average Bonchev–Trinajstić information content (AvgIpc) is 2.11. The molecule has 0 aromatic rings. The summed E-state index contributed by atoms with van der Waals surface area (Å²) >= 11 is 0. The Kier molecular flexibility index (Phi) is 6.25. The molecule has 2 heteroatoms. The topological polar surface area (TPSA) is 21.3 Å². The second kappa shape index (κ2) is 6.44. The zero-order valence-corrected chi connectivity index (χ0v) is 12.8. The second-order valence-electron chi connectivity index (χ2n) is 7.10. The van der Waals surface area contributed by atoms with Gasteiger partial charge in [-0.15, -0.1) is 0 Å². The molecule has 0 bridgehead atoms. The van der Waals surface area contributed by atoms with Gasteiger partial charge in [-0.2, -0.15) is 0 Å². The van der Waals surface area contributed by atoms with E-state index in [1.54, 1.807) is 0 Å². The van der Waals surface area contributed by atoms with E-state index in [0.717, 1.165) is 18.7 Å². The van der Waals surface area contributed by atoms with Gasteiger partial charge < -0.3 is 10.1 Å². The van der Waals surface area contributed by atoms with Crippen LogP contribution in [-0.2, 0) is 4.74 Å². The summed E-state index contributed by atoms with van der Waals surface area (Å²) in [5, 5.41) is 3.08. The Hall–Kier alpha value is -0.500. The minimum atomic E-state index is 0.198. The zero-order chi connectivity index (χ0) is 13.7. The SMILES string of the molecule is C=C(OCCNC)C(CC(C)(C)C)C(C)(C)C. The molecular formula is C15H31NO. The van der Waals surface area contributed by atoms with Gasteiger partial charge in [-0.25, -0.2) is 0 Å². The number of hydrogen-bond donors (Lipinski definition) is 1. The predicted octanol–water partition coefficient (Wildman–Crippen LogP) is 3.83. The van der Waals surface area contributed by atoms with E-state index in [0.29, 0.717) is 17.9 Å². The minimum Gasteiger partial charge on any atom is -0.497 e. The molecule has 0 aliphatic carbocycles. The van der Waals surface area contributed by atoms with Crippen LogP contribution in [0.5, 0.6) is 0 Å². The third-order valence-electron chi connectivity index (χ3n) is 2.89. The molecule has 0 radical (unpaired) electrons. The molecule has 1 N–H and O–H groups in total. The fraction of sp³-hybridized carbons (Fsp3) is 0.867. The largest absolute Gasteiger partial charge is 0.497 e. The summed E-state index contributed by atoms with van der Waals surface area (Å²) in [5.74, 6) is 1.34. The first-order chi connectivity index (χ1) is 7.58. The van der Waals surface area contributed by atoms with E-state index in [9.17, 15) is 0 Å². The van der Waals surface area contributed by atoms with Crippen molar-refractivity contribution in [3.63, 3.8) is 0 Å². The van der Waals surface area contributed by atoms with E-state index in [4.69, 9.17) is 4.74 Å². The predicted molar refractivity (Wildman–Crippen MR) is 76.0 cm³/mol. The van der Waals surface area contributed by atoms with E-state index in [-0.39, 0.29) is 5.41 Å². The molecule has 0 saturated heterocycles. The van der Waals surface area contributed by atoms with Gasteiger partial charge in [0, 0.05) is 12.5 Å². The number of nitrogens with one attached hydrogen (secondary N) is 1. The molecule has 0 rings (SSSR count). The van der Waals surface area contributed by atoms with E-state index in [1.165, 1.54) is 0 Å². The van der Waals surface area contributed by atoms with E-state index >= 15 is 0 Å². The summed E-state index contributed by atoms with van der Waals surface area (Å²) in [5.41, 5.74) is 0.497. The first kappa shape index (κ1) is 16.5. The van der Waals surface area contributed by atoms with Gasteiger partial charge >= 0.3 is 0 Å². The number of likely N-dealkylation sites (N-methyl/N-ethyl adjacent to an activating group) is 1. The van der Waals surface area contributed by atoms with Gasteiger partial charge in [0.1, 0.15) is 6.61 Å². The zero-order valence-electron chi connectivity index (χ0n) is 12.8. The van der Waals surface area contributed by atoms with Crippen molar-refractivity contribution >= 4 is 0 Å². The lowest BCUT2D eigenvalue weighted by Gasteiger charge is -2.36. The molecule has 0 spiro atoms. The number of ether oxygens (including phenoxy) is 1. The first-order valence-corrected chi connectivity index (χ1v) is 6.54. The Balaban J connectivity index is 4.54. The van der Waals surface area contributed by atoms with Crippen molar-refractivity contribution in [2.24, 2.45) is 16.7 Å². The summed E-state index contributed by atoms with van der Waals surface area (Å²) in [6, 6.07) is 0. The van der Waals surface area contributed by atoms with Crippen LogP contribution in [0.2, 0.25) is 0 Å². The Morgan fingerprint density at radius 1 is 1.18 bits per heavy atom. The summed E-state index contributed by atoms with van der Waals surface area (Å²) < 4.78 is 5.76. The van der Waals surface area contributed by atoms with Crippen molar-refractivity contribution < 1.29 is 4.74 Å². The van der Waals surface area contributed by atoms with Gasteiger partial charge in [-0.3, -0.25) is 0 Å². The Morgan fingerprint density at radius 2 is 1.71 bits per heavy atom. The van der Waals surface area contributed by atoms with E-state index in [2.05, 4.69) is 53.4 Å². The normalized spacial score (nSPS) is 14.5. The molecule has 1 atom stereocenters. The molecule has 102 valence electrons. The maximum absolute atomic E-state index is 5.76. The molecule has 17 heavy (non-hydrogen) atoms. The second-order valence-corrected chi connectivity index (χ2v) is 7.10. The van der Waals surface area contributed by atoms with E-state index < -0.39 is 0 Å². The van der Waals surface area contributed by atoms with Gasteiger partial charge in [0.05, 0.1) is 5.76 Å². The lowest BCUT2D eigenvalue weighted by atomic mass is 9.71. The van der Waals surface area contributed by atoms with Crippen molar-refractivity contribution in [3.05, 3.63) is 12.3 Å². The standard InChI is InChI=1S/C15H31NO/c1-12(17-10-9-16-8)13(15(5,6)7)11-14(2,3)4/h13,16H,1,9-11H2,2-8H3. The highest BCUT2D eigenvalue weighted by Gasteiger charge is 2.32. The lowest BCUT2D eigenvalue weighted by Crippen LogP contribution is -2.28. The minimum absolute atomic E-state index is 0.198. The first-order valence-electron chi connectivity index (χ1n) is 6.54. The molecule has 0 heterocycles. The van der Waals surface area contributed by atoms with Gasteiger partial charge in [0.25, 0.3) is 0 Å². The van der Waals surface area contributed by atoms with Gasteiger partial charge in [-0.1, -0.05) is 48.1 Å². The van der Waals surface area contributed by atoms with Crippen LogP contribution in [-0.4, -0.2) is 20.2 Å².